The molecule has 5 nitrogen and oxygen atoms in total. The molecule has 1 N–H and O–H groups in total. The Morgan fingerprint density at radius 1 is 1.10 bits per heavy atom. The highest BCUT2D eigenvalue weighted by molar-refractivity contribution is 5.45. The van der Waals surface area contributed by atoms with E-state index in [0.29, 0.717) is 30.3 Å². The van der Waals surface area contributed by atoms with E-state index in [1.165, 1.54) is 0 Å². The maximum Gasteiger partial charge on any atom is 0.213 e. The third-order valence-electron chi connectivity index (χ3n) is 3.05. The van der Waals surface area contributed by atoms with Gasteiger partial charge < -0.3 is 14.8 Å². The first-order valence-electron chi connectivity index (χ1n) is 6.53. The molecule has 0 unspecified atom stereocenters. The SMILES string of the molecule is COc1cc(CNCc2ccc(OC)c(C#N)c2)ccn1. The van der Waals surface area contributed by atoms with Crippen LogP contribution in [-0.2, 0) is 13.1 Å². The van der Waals surface area contributed by atoms with Crippen LogP contribution in [0.3, 0.4) is 0 Å². The summed E-state index contributed by atoms with van der Waals surface area (Å²) < 4.78 is 10.2. The number of methoxy groups -OCH3 is 2. The molecule has 0 amide bonds. The maximum atomic E-state index is 9.06. The van der Waals surface area contributed by atoms with Gasteiger partial charge in [0.15, 0.2) is 0 Å². The van der Waals surface area contributed by atoms with Crippen molar-refractivity contribution in [3.63, 3.8) is 0 Å². The summed E-state index contributed by atoms with van der Waals surface area (Å²) in [4.78, 5) is 4.07. The Hall–Kier alpha value is -2.58. The van der Waals surface area contributed by atoms with Gasteiger partial charge in [-0.25, -0.2) is 4.98 Å². The van der Waals surface area contributed by atoms with Crippen LogP contribution in [0.2, 0.25) is 0 Å². The summed E-state index contributed by atoms with van der Waals surface area (Å²) in [5.41, 5.74) is 2.67. The van der Waals surface area contributed by atoms with Crippen molar-refractivity contribution in [2.75, 3.05) is 14.2 Å². The van der Waals surface area contributed by atoms with E-state index in [1.54, 1.807) is 20.4 Å². The molecule has 108 valence electrons. The second-order valence-corrected chi connectivity index (χ2v) is 4.46. The number of pyridine rings is 1. The van der Waals surface area contributed by atoms with Gasteiger partial charge in [0.05, 0.1) is 19.8 Å². The number of rotatable bonds is 6. The first-order chi connectivity index (χ1) is 10.3. The van der Waals surface area contributed by atoms with Gasteiger partial charge in [-0.05, 0) is 29.3 Å². The van der Waals surface area contributed by atoms with Gasteiger partial charge in [0.2, 0.25) is 5.88 Å². The van der Waals surface area contributed by atoms with Gasteiger partial charge in [0, 0.05) is 25.4 Å². The zero-order valence-electron chi connectivity index (χ0n) is 12.1. The Kier molecular flexibility index (Phi) is 5.13. The number of hydrogen-bond acceptors (Lipinski definition) is 5. The minimum atomic E-state index is 0.544. The summed E-state index contributed by atoms with van der Waals surface area (Å²) >= 11 is 0. The number of nitrogens with one attached hydrogen (secondary N) is 1. The molecule has 0 aliphatic rings. The molecule has 0 saturated carbocycles. The van der Waals surface area contributed by atoms with E-state index >= 15 is 0 Å². The molecule has 1 aromatic carbocycles. The second kappa shape index (κ2) is 7.27. The van der Waals surface area contributed by atoms with Gasteiger partial charge in [0.1, 0.15) is 11.8 Å². The topological polar surface area (TPSA) is 67.2 Å². The molecule has 0 saturated heterocycles. The fourth-order valence-corrected chi connectivity index (χ4v) is 1.98. The number of aromatic nitrogens is 1. The van der Waals surface area contributed by atoms with Crippen LogP contribution in [0.15, 0.2) is 36.5 Å². The lowest BCUT2D eigenvalue weighted by atomic mass is 10.1. The molecular weight excluding hydrogens is 266 g/mol. The lowest BCUT2D eigenvalue weighted by Crippen LogP contribution is -2.13. The molecule has 0 atom stereocenters. The van der Waals surface area contributed by atoms with Crippen molar-refractivity contribution in [3.05, 3.63) is 53.2 Å². The predicted octanol–water partition coefficient (Wildman–Crippen LogP) is 2.26. The molecule has 0 bridgehead atoms. The van der Waals surface area contributed by atoms with Crippen molar-refractivity contribution in [3.8, 4) is 17.7 Å². The summed E-state index contributed by atoms with van der Waals surface area (Å²) in [5.74, 6) is 1.20. The highest BCUT2D eigenvalue weighted by atomic mass is 16.5. The Morgan fingerprint density at radius 2 is 1.86 bits per heavy atom. The predicted molar refractivity (Wildman–Crippen MR) is 79.0 cm³/mol. The van der Waals surface area contributed by atoms with E-state index in [-0.39, 0.29) is 0 Å². The third kappa shape index (κ3) is 3.94. The molecule has 0 aliphatic heterocycles. The summed E-state index contributed by atoms with van der Waals surface area (Å²) in [5, 5.41) is 12.4. The highest BCUT2D eigenvalue weighted by Crippen LogP contribution is 2.18. The smallest absolute Gasteiger partial charge is 0.213 e. The van der Waals surface area contributed by atoms with Crippen LogP contribution in [0.5, 0.6) is 11.6 Å². The molecule has 0 fully saturated rings. The van der Waals surface area contributed by atoms with E-state index < -0.39 is 0 Å². The van der Waals surface area contributed by atoms with E-state index in [0.717, 1.165) is 11.1 Å². The van der Waals surface area contributed by atoms with Crippen LogP contribution in [0.25, 0.3) is 0 Å². The summed E-state index contributed by atoms with van der Waals surface area (Å²) in [6.45, 7) is 1.37. The van der Waals surface area contributed by atoms with Crippen molar-refractivity contribution in [1.82, 2.24) is 10.3 Å². The first-order valence-corrected chi connectivity index (χ1v) is 6.53. The molecule has 0 spiro atoms. The van der Waals surface area contributed by atoms with E-state index in [9.17, 15) is 0 Å². The molecule has 1 aromatic heterocycles. The van der Waals surface area contributed by atoms with Gasteiger partial charge >= 0.3 is 0 Å². The van der Waals surface area contributed by atoms with Crippen LogP contribution in [0.1, 0.15) is 16.7 Å². The summed E-state index contributed by atoms with van der Waals surface area (Å²) in [6, 6.07) is 11.5. The summed E-state index contributed by atoms with van der Waals surface area (Å²) in [7, 11) is 3.16. The molecule has 2 aromatic rings. The van der Waals surface area contributed by atoms with Crippen LogP contribution in [-0.4, -0.2) is 19.2 Å². The monoisotopic (exact) mass is 283 g/mol. The van der Waals surface area contributed by atoms with E-state index in [2.05, 4.69) is 16.4 Å². The minimum Gasteiger partial charge on any atom is -0.495 e. The standard InChI is InChI=1S/C16H17N3O2/c1-20-15-4-3-12(7-14(15)9-17)10-18-11-13-5-6-19-16(8-13)21-2/h3-8,18H,10-11H2,1-2H3. The molecule has 1 heterocycles. The van der Waals surface area contributed by atoms with Gasteiger partial charge in [-0.1, -0.05) is 6.07 Å². The average molecular weight is 283 g/mol. The largest absolute Gasteiger partial charge is 0.495 e. The number of benzene rings is 1. The number of nitriles is 1. The lowest BCUT2D eigenvalue weighted by Gasteiger charge is -2.08. The summed E-state index contributed by atoms with van der Waals surface area (Å²) in [6.07, 6.45) is 1.72. The minimum absolute atomic E-state index is 0.544. The molecular formula is C16H17N3O2. The van der Waals surface area contributed by atoms with Gasteiger partial charge in [-0.2, -0.15) is 5.26 Å². The lowest BCUT2D eigenvalue weighted by molar-refractivity contribution is 0.397. The van der Waals surface area contributed by atoms with Crippen LogP contribution in [0, 0.1) is 11.3 Å². The second-order valence-electron chi connectivity index (χ2n) is 4.46. The van der Waals surface area contributed by atoms with Gasteiger partial charge in [-0.3, -0.25) is 0 Å². The molecule has 2 rings (SSSR count). The molecule has 0 aliphatic carbocycles. The third-order valence-corrected chi connectivity index (χ3v) is 3.05. The Labute approximate surface area is 124 Å². The van der Waals surface area contributed by atoms with E-state index in [1.807, 2.05) is 30.3 Å². The van der Waals surface area contributed by atoms with Crippen LogP contribution in [0.4, 0.5) is 0 Å². The van der Waals surface area contributed by atoms with Gasteiger partial charge in [-0.15, -0.1) is 0 Å². The van der Waals surface area contributed by atoms with Crippen molar-refractivity contribution in [2.45, 2.75) is 13.1 Å². The zero-order valence-corrected chi connectivity index (χ0v) is 12.1. The fraction of sp³-hybridized carbons (Fsp3) is 0.250. The molecule has 5 heteroatoms. The normalized spacial score (nSPS) is 9.95. The molecule has 0 radical (unpaired) electrons. The van der Waals surface area contributed by atoms with Gasteiger partial charge in [0.25, 0.3) is 0 Å². The van der Waals surface area contributed by atoms with Crippen molar-refractivity contribution < 1.29 is 9.47 Å². The van der Waals surface area contributed by atoms with Crippen molar-refractivity contribution in [1.29, 1.82) is 5.26 Å². The quantitative estimate of drug-likeness (QED) is 0.880. The number of nitrogens with zero attached hydrogens (tertiary/aromatic N) is 2. The number of hydrogen-bond donors (Lipinski definition) is 1. The fourth-order valence-electron chi connectivity index (χ4n) is 1.98. The Bertz CT molecular complexity index is 650. The Balaban J connectivity index is 1.95. The molecule has 21 heavy (non-hydrogen) atoms. The first kappa shape index (κ1) is 14.8. The van der Waals surface area contributed by atoms with Crippen LogP contribution >= 0.6 is 0 Å². The van der Waals surface area contributed by atoms with E-state index in [4.69, 9.17) is 14.7 Å². The zero-order chi connectivity index (χ0) is 15.1. The Morgan fingerprint density at radius 3 is 2.52 bits per heavy atom. The average Bonchev–Trinajstić information content (AvgIpc) is 2.55. The van der Waals surface area contributed by atoms with Crippen molar-refractivity contribution >= 4 is 0 Å². The number of ether oxygens (including phenoxy) is 2. The van der Waals surface area contributed by atoms with Crippen LogP contribution < -0.4 is 14.8 Å². The maximum absolute atomic E-state index is 9.06. The highest BCUT2D eigenvalue weighted by Gasteiger charge is 2.03. The van der Waals surface area contributed by atoms with Crippen molar-refractivity contribution in [2.24, 2.45) is 0 Å².